The van der Waals surface area contributed by atoms with Gasteiger partial charge in [0.15, 0.2) is 5.01 Å². The third-order valence-corrected chi connectivity index (χ3v) is 4.07. The molecule has 100 valence electrons. The topological polar surface area (TPSA) is 42.0 Å². The Labute approximate surface area is 117 Å². The van der Waals surface area contributed by atoms with Crippen molar-refractivity contribution >= 4 is 17.2 Å². The first kappa shape index (κ1) is 13.7. The molecule has 0 unspecified atom stereocenters. The smallest absolute Gasteiger partial charge is 0.280 e. The fourth-order valence-corrected chi connectivity index (χ4v) is 2.62. The van der Waals surface area contributed by atoms with Crippen molar-refractivity contribution in [3.63, 3.8) is 0 Å². The predicted octanol–water partition coefficient (Wildman–Crippen LogP) is 3.12. The number of nitrogens with zero attached hydrogens (tertiary/aromatic N) is 1. The summed E-state index contributed by atoms with van der Waals surface area (Å²) in [5, 5.41) is 3.48. The molecule has 1 amide bonds. The molecule has 0 spiro atoms. The average molecular weight is 274 g/mol. The van der Waals surface area contributed by atoms with Gasteiger partial charge < -0.3 is 5.32 Å². The van der Waals surface area contributed by atoms with Gasteiger partial charge >= 0.3 is 0 Å². The lowest BCUT2D eigenvalue weighted by Gasteiger charge is -2.03. The van der Waals surface area contributed by atoms with E-state index in [1.165, 1.54) is 16.9 Å². The molecule has 0 bridgehead atoms. The van der Waals surface area contributed by atoms with E-state index in [1.807, 2.05) is 32.0 Å². The molecule has 1 heterocycles. The summed E-state index contributed by atoms with van der Waals surface area (Å²) in [6.07, 6.45) is 1.93. The van der Waals surface area contributed by atoms with Crippen molar-refractivity contribution in [3.8, 4) is 0 Å². The fourth-order valence-electron chi connectivity index (χ4n) is 1.78. The van der Waals surface area contributed by atoms with Gasteiger partial charge in [0.1, 0.15) is 0 Å². The van der Waals surface area contributed by atoms with Crippen molar-refractivity contribution in [2.75, 3.05) is 6.54 Å². The molecule has 3 nitrogen and oxygen atoms in total. The van der Waals surface area contributed by atoms with Gasteiger partial charge in [0.05, 0.1) is 5.69 Å². The van der Waals surface area contributed by atoms with Gasteiger partial charge in [-0.15, -0.1) is 11.3 Å². The zero-order valence-corrected chi connectivity index (χ0v) is 12.1. The number of benzene rings is 1. The first-order valence-corrected chi connectivity index (χ1v) is 7.24. The number of nitrogens with one attached hydrogen (secondary N) is 1. The molecule has 4 heteroatoms. The van der Waals surface area contributed by atoms with Crippen molar-refractivity contribution in [2.24, 2.45) is 0 Å². The Morgan fingerprint density at radius 1 is 1.26 bits per heavy atom. The molecule has 0 atom stereocenters. The third-order valence-electron chi connectivity index (χ3n) is 2.99. The van der Waals surface area contributed by atoms with E-state index in [0.29, 0.717) is 11.6 Å². The molecular weight excluding hydrogens is 256 g/mol. The van der Waals surface area contributed by atoms with E-state index in [9.17, 15) is 4.79 Å². The largest absolute Gasteiger partial charge is 0.350 e. The van der Waals surface area contributed by atoms with Crippen molar-refractivity contribution < 1.29 is 4.79 Å². The lowest BCUT2D eigenvalue weighted by Crippen LogP contribution is -2.24. The van der Waals surface area contributed by atoms with E-state index < -0.39 is 0 Å². The number of hydrogen-bond acceptors (Lipinski definition) is 3. The van der Waals surface area contributed by atoms with Crippen LogP contribution in [0.4, 0.5) is 0 Å². The van der Waals surface area contributed by atoms with Crippen LogP contribution in [0.2, 0.25) is 0 Å². The van der Waals surface area contributed by atoms with Crippen molar-refractivity contribution in [1.82, 2.24) is 10.3 Å². The van der Waals surface area contributed by atoms with Gasteiger partial charge in [-0.2, -0.15) is 0 Å². The zero-order valence-electron chi connectivity index (χ0n) is 11.3. The van der Waals surface area contributed by atoms with Crippen LogP contribution in [-0.2, 0) is 6.42 Å². The second kappa shape index (κ2) is 6.48. The molecule has 1 N–H and O–H groups in total. The van der Waals surface area contributed by atoms with Crippen molar-refractivity contribution in [3.05, 3.63) is 51.5 Å². The Hall–Kier alpha value is -1.68. The van der Waals surface area contributed by atoms with Crippen LogP contribution in [0.15, 0.2) is 30.3 Å². The van der Waals surface area contributed by atoms with Crippen LogP contribution in [-0.4, -0.2) is 17.4 Å². The summed E-state index contributed by atoms with van der Waals surface area (Å²) in [5.41, 5.74) is 2.25. The highest BCUT2D eigenvalue weighted by Gasteiger charge is 2.11. The number of carbonyl (C=O) groups is 1. The summed E-state index contributed by atoms with van der Waals surface area (Å²) in [7, 11) is 0. The number of aryl methyl sites for hydroxylation is 3. The Morgan fingerprint density at radius 2 is 2.00 bits per heavy atom. The van der Waals surface area contributed by atoms with Crippen LogP contribution in [0, 0.1) is 13.8 Å². The van der Waals surface area contributed by atoms with E-state index in [2.05, 4.69) is 22.4 Å². The normalized spacial score (nSPS) is 10.4. The molecule has 0 saturated heterocycles. The lowest BCUT2D eigenvalue weighted by molar-refractivity contribution is 0.0952. The molecule has 1 aromatic carbocycles. The summed E-state index contributed by atoms with van der Waals surface area (Å²) < 4.78 is 0. The van der Waals surface area contributed by atoms with E-state index in [4.69, 9.17) is 0 Å². The summed E-state index contributed by atoms with van der Waals surface area (Å²) in [6, 6.07) is 10.3. The zero-order chi connectivity index (χ0) is 13.7. The molecule has 0 saturated carbocycles. The lowest BCUT2D eigenvalue weighted by atomic mass is 10.1. The van der Waals surface area contributed by atoms with E-state index in [1.54, 1.807) is 0 Å². The monoisotopic (exact) mass is 274 g/mol. The van der Waals surface area contributed by atoms with Crippen LogP contribution < -0.4 is 5.32 Å². The molecule has 19 heavy (non-hydrogen) atoms. The molecule has 1 aromatic heterocycles. The molecule has 0 aliphatic rings. The minimum atomic E-state index is -0.0609. The molecule has 2 aromatic rings. The third kappa shape index (κ3) is 3.89. The van der Waals surface area contributed by atoms with Gasteiger partial charge in [-0.05, 0) is 32.3 Å². The number of carbonyl (C=O) groups excluding carboxylic acids is 1. The van der Waals surface area contributed by atoms with Gasteiger partial charge in [0.2, 0.25) is 0 Å². The van der Waals surface area contributed by atoms with Crippen LogP contribution in [0.3, 0.4) is 0 Å². The standard InChI is InChI=1S/C15H18N2OS/c1-11-12(2)19-15(17-11)14(18)16-10-6-9-13-7-4-3-5-8-13/h3-5,7-8H,6,9-10H2,1-2H3,(H,16,18). The van der Waals surface area contributed by atoms with Crippen LogP contribution in [0.1, 0.15) is 32.4 Å². The van der Waals surface area contributed by atoms with Gasteiger partial charge in [0, 0.05) is 11.4 Å². The number of aromatic nitrogens is 1. The van der Waals surface area contributed by atoms with Crippen LogP contribution in [0.25, 0.3) is 0 Å². The Kier molecular flexibility index (Phi) is 4.68. The van der Waals surface area contributed by atoms with Gasteiger partial charge in [0.25, 0.3) is 5.91 Å². The molecule has 0 fully saturated rings. The maximum Gasteiger partial charge on any atom is 0.280 e. The Bertz CT molecular complexity index is 529. The highest BCUT2D eigenvalue weighted by atomic mass is 32.1. The minimum Gasteiger partial charge on any atom is -0.350 e. The molecule has 0 aliphatic heterocycles. The SMILES string of the molecule is Cc1nc(C(=O)NCCCc2ccccc2)sc1C. The van der Waals surface area contributed by atoms with Crippen LogP contribution in [0.5, 0.6) is 0 Å². The maximum absolute atomic E-state index is 11.9. The second-order valence-electron chi connectivity index (χ2n) is 4.51. The number of amides is 1. The van der Waals surface area contributed by atoms with Gasteiger partial charge in [-0.3, -0.25) is 4.79 Å². The summed E-state index contributed by atoms with van der Waals surface area (Å²) in [6.45, 7) is 4.60. The van der Waals surface area contributed by atoms with Crippen molar-refractivity contribution in [1.29, 1.82) is 0 Å². The molecule has 0 radical (unpaired) electrons. The van der Waals surface area contributed by atoms with Gasteiger partial charge in [-0.25, -0.2) is 4.98 Å². The molecule has 0 aliphatic carbocycles. The number of rotatable bonds is 5. The van der Waals surface area contributed by atoms with E-state index in [-0.39, 0.29) is 5.91 Å². The molecule has 2 rings (SSSR count). The highest BCUT2D eigenvalue weighted by Crippen LogP contribution is 2.16. The van der Waals surface area contributed by atoms with Crippen molar-refractivity contribution in [2.45, 2.75) is 26.7 Å². The Morgan fingerprint density at radius 3 is 2.63 bits per heavy atom. The first-order valence-electron chi connectivity index (χ1n) is 6.43. The van der Waals surface area contributed by atoms with E-state index in [0.717, 1.165) is 23.4 Å². The quantitative estimate of drug-likeness (QED) is 0.851. The summed E-state index contributed by atoms with van der Waals surface area (Å²) in [4.78, 5) is 17.2. The van der Waals surface area contributed by atoms with E-state index >= 15 is 0 Å². The molecular formula is C15H18N2OS. The highest BCUT2D eigenvalue weighted by molar-refractivity contribution is 7.13. The van der Waals surface area contributed by atoms with Gasteiger partial charge in [-0.1, -0.05) is 30.3 Å². The average Bonchev–Trinajstić information content (AvgIpc) is 2.76. The Balaban J connectivity index is 1.75. The second-order valence-corrected chi connectivity index (χ2v) is 5.71. The minimum absolute atomic E-state index is 0.0609. The first-order chi connectivity index (χ1) is 9.16. The number of thiazole rings is 1. The van der Waals surface area contributed by atoms with Crippen LogP contribution >= 0.6 is 11.3 Å². The predicted molar refractivity (Wildman–Crippen MR) is 78.7 cm³/mol. The fraction of sp³-hybridized carbons (Fsp3) is 0.333. The summed E-state index contributed by atoms with van der Waals surface area (Å²) in [5.74, 6) is -0.0609. The summed E-state index contributed by atoms with van der Waals surface area (Å²) >= 11 is 1.45. The number of hydrogen-bond donors (Lipinski definition) is 1. The maximum atomic E-state index is 11.9.